The summed E-state index contributed by atoms with van der Waals surface area (Å²) >= 11 is 0. The predicted octanol–water partition coefficient (Wildman–Crippen LogP) is 3.19. The summed E-state index contributed by atoms with van der Waals surface area (Å²) in [5.74, 6) is 6.25. The Morgan fingerprint density at radius 2 is 2.11 bits per heavy atom. The Labute approximate surface area is 217 Å². The molecule has 1 fully saturated rings. The SMILES string of the molecule is CN=CC1=C(NCNc2ccc(F)cc2N)CN(C(=O)CCC2CN(N)C[C@H]2C2C=C(F)C=CC2)CC1. The van der Waals surface area contributed by atoms with Crippen molar-refractivity contribution >= 4 is 23.5 Å². The fourth-order valence-corrected chi connectivity index (χ4v) is 5.55. The number of anilines is 2. The molecule has 0 bridgehead atoms. The molecule has 10 heteroatoms. The number of hydrazine groups is 1. The second-order valence-corrected chi connectivity index (χ2v) is 9.99. The van der Waals surface area contributed by atoms with Crippen molar-refractivity contribution in [2.24, 2.45) is 28.6 Å². The van der Waals surface area contributed by atoms with E-state index < -0.39 is 0 Å². The molecule has 6 N–H and O–H groups in total. The first-order valence-corrected chi connectivity index (χ1v) is 12.8. The van der Waals surface area contributed by atoms with Gasteiger partial charge in [0.15, 0.2) is 0 Å². The maximum Gasteiger partial charge on any atom is 0.222 e. The van der Waals surface area contributed by atoms with E-state index in [4.69, 9.17) is 11.6 Å². The van der Waals surface area contributed by atoms with Crippen LogP contribution in [0.4, 0.5) is 20.2 Å². The quantitative estimate of drug-likeness (QED) is 0.175. The van der Waals surface area contributed by atoms with E-state index in [-0.39, 0.29) is 35.3 Å². The Morgan fingerprint density at radius 3 is 2.86 bits per heavy atom. The Kier molecular flexibility index (Phi) is 8.94. The minimum Gasteiger partial charge on any atom is -0.397 e. The number of benzene rings is 1. The van der Waals surface area contributed by atoms with Crippen LogP contribution in [0.3, 0.4) is 0 Å². The average Bonchev–Trinajstić information content (AvgIpc) is 3.25. The summed E-state index contributed by atoms with van der Waals surface area (Å²) < 4.78 is 27.2. The van der Waals surface area contributed by atoms with Crippen molar-refractivity contribution in [1.82, 2.24) is 15.2 Å². The summed E-state index contributed by atoms with van der Waals surface area (Å²) in [6.45, 7) is 2.88. The number of hydrogen-bond acceptors (Lipinski definition) is 7. The zero-order valence-corrected chi connectivity index (χ0v) is 21.3. The number of nitrogens with one attached hydrogen (secondary N) is 2. The standard InChI is InChI=1S/C27H37F2N7O/c1-32-13-19-9-10-35(16-26(19)34-17-33-25-7-6-22(29)12-24(25)30)27(37)8-5-20-14-36(31)15-23(20)18-3-2-4-21(28)11-18/h2,4,6-7,11-13,18,20,23,33-34H,3,5,8-10,14-17,30-31H2,1H3/t18?,20?,23-/m0/s1. The number of nitrogen functional groups attached to an aromatic ring is 1. The molecule has 0 radical (unpaired) electrons. The number of nitrogens with two attached hydrogens (primary N) is 2. The van der Waals surface area contributed by atoms with Crippen LogP contribution in [0.1, 0.15) is 25.7 Å². The van der Waals surface area contributed by atoms with Gasteiger partial charge in [0.25, 0.3) is 0 Å². The van der Waals surface area contributed by atoms with E-state index in [1.165, 1.54) is 18.2 Å². The molecule has 2 heterocycles. The number of carbonyl (C=O) groups excluding carboxylic acids is 1. The average molecular weight is 514 g/mol. The Bertz CT molecular complexity index is 1100. The van der Waals surface area contributed by atoms with E-state index in [2.05, 4.69) is 15.6 Å². The van der Waals surface area contributed by atoms with E-state index in [0.29, 0.717) is 50.5 Å². The molecule has 200 valence electrons. The molecule has 3 atom stereocenters. The van der Waals surface area contributed by atoms with Gasteiger partial charge in [-0.05, 0) is 72.9 Å². The van der Waals surface area contributed by atoms with Gasteiger partial charge in [-0.25, -0.2) is 13.8 Å². The largest absolute Gasteiger partial charge is 0.397 e. The summed E-state index contributed by atoms with van der Waals surface area (Å²) in [6.07, 6.45) is 9.58. The summed E-state index contributed by atoms with van der Waals surface area (Å²) in [6, 6.07) is 4.22. The number of carbonyl (C=O) groups is 1. The monoisotopic (exact) mass is 513 g/mol. The summed E-state index contributed by atoms with van der Waals surface area (Å²) in [7, 11) is 1.72. The van der Waals surface area contributed by atoms with Crippen LogP contribution in [0.5, 0.6) is 0 Å². The zero-order valence-electron chi connectivity index (χ0n) is 21.3. The second kappa shape index (κ2) is 12.3. The van der Waals surface area contributed by atoms with E-state index in [1.807, 2.05) is 17.2 Å². The lowest BCUT2D eigenvalue weighted by atomic mass is 9.78. The Morgan fingerprint density at radius 1 is 1.27 bits per heavy atom. The maximum absolute atomic E-state index is 13.8. The topological polar surface area (TPSA) is 112 Å². The van der Waals surface area contributed by atoms with Gasteiger partial charge in [-0.1, -0.05) is 6.08 Å². The fraction of sp³-hybridized carbons (Fsp3) is 0.481. The molecule has 1 aliphatic carbocycles. The smallest absolute Gasteiger partial charge is 0.222 e. The van der Waals surface area contributed by atoms with Crippen molar-refractivity contribution in [3.63, 3.8) is 0 Å². The van der Waals surface area contributed by atoms with Crippen molar-refractivity contribution in [2.75, 3.05) is 50.9 Å². The van der Waals surface area contributed by atoms with Crippen LogP contribution in [0.25, 0.3) is 0 Å². The van der Waals surface area contributed by atoms with Gasteiger partial charge in [-0.2, -0.15) is 0 Å². The number of rotatable bonds is 9. The molecule has 1 saturated heterocycles. The number of nitrogens with zero attached hydrogens (tertiary/aromatic N) is 3. The third-order valence-corrected chi connectivity index (χ3v) is 7.48. The number of aliphatic imine (C=N–C) groups is 1. The molecule has 0 aromatic heterocycles. The minimum atomic E-state index is -0.385. The molecule has 37 heavy (non-hydrogen) atoms. The Hall–Kier alpha value is -3.24. The van der Waals surface area contributed by atoms with E-state index >= 15 is 0 Å². The molecule has 3 aliphatic rings. The number of amides is 1. The van der Waals surface area contributed by atoms with Crippen molar-refractivity contribution < 1.29 is 13.6 Å². The van der Waals surface area contributed by atoms with Gasteiger partial charge in [-0.3, -0.25) is 15.6 Å². The number of allylic oxidation sites excluding steroid dienone is 4. The van der Waals surface area contributed by atoms with Gasteiger partial charge in [-0.15, -0.1) is 0 Å². The van der Waals surface area contributed by atoms with Crippen LogP contribution in [-0.2, 0) is 4.79 Å². The zero-order chi connectivity index (χ0) is 26.4. The van der Waals surface area contributed by atoms with Crippen LogP contribution in [0.15, 0.2) is 58.5 Å². The lowest BCUT2D eigenvalue weighted by Gasteiger charge is -2.31. The highest BCUT2D eigenvalue weighted by Gasteiger charge is 2.36. The van der Waals surface area contributed by atoms with Crippen molar-refractivity contribution in [3.05, 3.63) is 59.3 Å². The van der Waals surface area contributed by atoms with Gasteiger partial charge < -0.3 is 21.3 Å². The molecule has 8 nitrogen and oxygen atoms in total. The lowest BCUT2D eigenvalue weighted by Crippen LogP contribution is -2.41. The molecular formula is C27H37F2N7O. The van der Waals surface area contributed by atoms with E-state index in [9.17, 15) is 13.6 Å². The summed E-state index contributed by atoms with van der Waals surface area (Å²) in [4.78, 5) is 19.2. The minimum absolute atomic E-state index is 0.0991. The van der Waals surface area contributed by atoms with Gasteiger partial charge in [0, 0.05) is 45.0 Å². The van der Waals surface area contributed by atoms with Gasteiger partial charge in [0.2, 0.25) is 5.91 Å². The number of hydrogen-bond donors (Lipinski definition) is 4. The molecule has 2 unspecified atom stereocenters. The van der Waals surface area contributed by atoms with Gasteiger partial charge in [0.1, 0.15) is 11.6 Å². The normalized spacial score (nSPS) is 24.6. The van der Waals surface area contributed by atoms with Crippen LogP contribution >= 0.6 is 0 Å². The highest BCUT2D eigenvalue weighted by molar-refractivity contribution is 5.82. The maximum atomic E-state index is 13.8. The van der Waals surface area contributed by atoms with Crippen molar-refractivity contribution in [3.8, 4) is 0 Å². The lowest BCUT2D eigenvalue weighted by molar-refractivity contribution is -0.131. The summed E-state index contributed by atoms with van der Waals surface area (Å²) in [5, 5.41) is 8.31. The van der Waals surface area contributed by atoms with Crippen molar-refractivity contribution in [1.29, 1.82) is 0 Å². The highest BCUT2D eigenvalue weighted by Crippen LogP contribution is 2.36. The van der Waals surface area contributed by atoms with Crippen LogP contribution in [-0.4, -0.2) is 61.9 Å². The third kappa shape index (κ3) is 6.95. The molecule has 1 amide bonds. The molecule has 2 aliphatic heterocycles. The van der Waals surface area contributed by atoms with Gasteiger partial charge >= 0.3 is 0 Å². The third-order valence-electron chi connectivity index (χ3n) is 7.48. The number of halogens is 2. The first-order valence-electron chi connectivity index (χ1n) is 12.8. The van der Waals surface area contributed by atoms with Gasteiger partial charge in [0.05, 0.1) is 24.6 Å². The molecule has 0 saturated carbocycles. The summed E-state index contributed by atoms with van der Waals surface area (Å²) in [5.41, 5.74) is 8.81. The fourth-order valence-electron chi connectivity index (χ4n) is 5.55. The second-order valence-electron chi connectivity index (χ2n) is 9.99. The molecule has 1 aromatic carbocycles. The van der Waals surface area contributed by atoms with Crippen molar-refractivity contribution in [2.45, 2.75) is 25.7 Å². The van der Waals surface area contributed by atoms with Crippen LogP contribution in [0.2, 0.25) is 0 Å². The van der Waals surface area contributed by atoms with Crippen LogP contribution < -0.4 is 22.2 Å². The molecule has 1 aromatic rings. The molecule has 0 spiro atoms. The predicted molar refractivity (Wildman–Crippen MR) is 143 cm³/mol. The first kappa shape index (κ1) is 26.8. The highest BCUT2D eigenvalue weighted by atomic mass is 19.1. The van der Waals surface area contributed by atoms with E-state index in [1.54, 1.807) is 24.2 Å². The molecule has 4 rings (SSSR count). The van der Waals surface area contributed by atoms with Crippen LogP contribution in [0, 0.1) is 23.6 Å². The van der Waals surface area contributed by atoms with E-state index in [0.717, 1.165) is 30.7 Å². The Balaban J connectivity index is 1.33. The first-order chi connectivity index (χ1) is 17.8. The molecular weight excluding hydrogens is 476 g/mol.